The smallest absolute Gasteiger partial charge is 0.0345 e. The third-order valence-corrected chi connectivity index (χ3v) is 4.74. The van der Waals surface area contributed by atoms with Crippen molar-refractivity contribution in [2.24, 2.45) is 11.8 Å². The monoisotopic (exact) mass is 239 g/mol. The molecule has 1 aliphatic heterocycles. The van der Waals surface area contributed by atoms with Crippen LogP contribution in [0.4, 0.5) is 0 Å². The van der Waals surface area contributed by atoms with E-state index in [9.17, 15) is 0 Å². The van der Waals surface area contributed by atoms with Crippen LogP contribution >= 0.6 is 0 Å². The molecule has 2 rings (SSSR count). The van der Waals surface area contributed by atoms with Gasteiger partial charge in [-0.05, 0) is 38.8 Å². The molecule has 1 heterocycles. The number of nitrogens with zero attached hydrogens (tertiary/aromatic N) is 2. The Bertz CT molecular complexity index is 236. The van der Waals surface area contributed by atoms with Gasteiger partial charge in [0.2, 0.25) is 0 Å². The van der Waals surface area contributed by atoms with Gasteiger partial charge in [-0.25, -0.2) is 0 Å². The molecule has 0 radical (unpaired) electrons. The summed E-state index contributed by atoms with van der Waals surface area (Å²) in [5, 5.41) is 3.76. The first kappa shape index (κ1) is 13.3. The van der Waals surface area contributed by atoms with Gasteiger partial charge in [0.1, 0.15) is 0 Å². The molecule has 0 aromatic carbocycles. The molecule has 1 atom stereocenters. The minimum Gasteiger partial charge on any atom is -0.312 e. The molecule has 0 aromatic heterocycles. The van der Waals surface area contributed by atoms with E-state index in [1.54, 1.807) is 0 Å². The fraction of sp³-hybridized carbons (Fsp3) is 1.00. The Hall–Kier alpha value is -0.120. The lowest BCUT2D eigenvalue weighted by molar-refractivity contribution is 0.0986. The Morgan fingerprint density at radius 1 is 1.18 bits per heavy atom. The van der Waals surface area contributed by atoms with E-state index in [-0.39, 0.29) is 0 Å². The van der Waals surface area contributed by atoms with Crippen molar-refractivity contribution in [2.45, 2.75) is 38.8 Å². The van der Waals surface area contributed by atoms with Gasteiger partial charge in [0.25, 0.3) is 0 Å². The second kappa shape index (κ2) is 5.68. The number of piperazine rings is 1. The standard InChI is InChI=1S/C14H29N3/c1-11(2)12-7-13(8-12)15-9-14-10-16(3)5-6-17(14)4/h11-15H,5-10H2,1-4H3. The predicted octanol–water partition coefficient (Wildman–Crippen LogP) is 1.26. The molecule has 17 heavy (non-hydrogen) atoms. The van der Waals surface area contributed by atoms with Gasteiger partial charge in [-0.1, -0.05) is 13.8 Å². The normalized spacial score (nSPS) is 36.2. The molecule has 0 aromatic rings. The first-order valence-corrected chi connectivity index (χ1v) is 7.18. The number of hydrogen-bond donors (Lipinski definition) is 1. The molecule has 1 aliphatic carbocycles. The maximum absolute atomic E-state index is 3.76. The highest BCUT2D eigenvalue weighted by atomic mass is 15.3. The Morgan fingerprint density at radius 2 is 1.88 bits per heavy atom. The average molecular weight is 239 g/mol. The van der Waals surface area contributed by atoms with E-state index in [0.29, 0.717) is 6.04 Å². The molecule has 1 unspecified atom stereocenters. The van der Waals surface area contributed by atoms with Crippen LogP contribution in [0.1, 0.15) is 26.7 Å². The molecule has 1 N–H and O–H groups in total. The molecule has 2 aliphatic rings. The number of rotatable bonds is 4. The maximum Gasteiger partial charge on any atom is 0.0345 e. The minimum absolute atomic E-state index is 0.701. The molecule has 0 spiro atoms. The van der Waals surface area contributed by atoms with Crippen molar-refractivity contribution in [3.63, 3.8) is 0 Å². The molecule has 1 saturated heterocycles. The number of hydrogen-bond acceptors (Lipinski definition) is 3. The van der Waals surface area contributed by atoms with E-state index in [0.717, 1.165) is 24.4 Å². The highest BCUT2D eigenvalue weighted by Crippen LogP contribution is 2.33. The van der Waals surface area contributed by atoms with Crippen molar-refractivity contribution in [3.05, 3.63) is 0 Å². The molecule has 0 bridgehead atoms. The summed E-state index contributed by atoms with van der Waals surface area (Å²) in [5.74, 6) is 1.84. The van der Waals surface area contributed by atoms with E-state index in [4.69, 9.17) is 0 Å². The summed E-state index contributed by atoms with van der Waals surface area (Å²) in [7, 11) is 4.50. The third-order valence-electron chi connectivity index (χ3n) is 4.74. The van der Waals surface area contributed by atoms with Crippen molar-refractivity contribution >= 4 is 0 Å². The minimum atomic E-state index is 0.701. The van der Waals surface area contributed by atoms with Gasteiger partial charge in [0.05, 0.1) is 0 Å². The molecule has 100 valence electrons. The summed E-state index contributed by atoms with van der Waals surface area (Å²) >= 11 is 0. The van der Waals surface area contributed by atoms with Gasteiger partial charge < -0.3 is 10.2 Å². The van der Waals surface area contributed by atoms with Crippen molar-refractivity contribution in [1.82, 2.24) is 15.1 Å². The summed E-state index contributed by atoms with van der Waals surface area (Å²) in [6.45, 7) is 9.50. The first-order valence-electron chi connectivity index (χ1n) is 7.18. The lowest BCUT2D eigenvalue weighted by Gasteiger charge is -2.42. The summed E-state index contributed by atoms with van der Waals surface area (Å²) in [5.41, 5.74) is 0. The zero-order chi connectivity index (χ0) is 12.4. The summed E-state index contributed by atoms with van der Waals surface area (Å²) in [6.07, 6.45) is 2.79. The van der Waals surface area contributed by atoms with Crippen LogP contribution in [0.5, 0.6) is 0 Å². The Balaban J connectivity index is 1.65. The highest BCUT2D eigenvalue weighted by Gasteiger charge is 2.31. The fourth-order valence-electron chi connectivity index (χ4n) is 3.00. The molecule has 3 heteroatoms. The molecular formula is C14H29N3. The van der Waals surface area contributed by atoms with Crippen LogP contribution in [0.2, 0.25) is 0 Å². The Labute approximate surface area is 107 Å². The number of likely N-dealkylation sites (N-methyl/N-ethyl adjacent to an activating group) is 2. The highest BCUT2D eigenvalue weighted by molar-refractivity contribution is 4.89. The van der Waals surface area contributed by atoms with Gasteiger partial charge >= 0.3 is 0 Å². The van der Waals surface area contributed by atoms with Gasteiger partial charge in [-0.15, -0.1) is 0 Å². The van der Waals surface area contributed by atoms with Crippen LogP contribution in [-0.4, -0.2) is 62.2 Å². The van der Waals surface area contributed by atoms with Crippen molar-refractivity contribution in [1.29, 1.82) is 0 Å². The second-order valence-electron chi connectivity index (χ2n) is 6.48. The summed E-state index contributed by atoms with van der Waals surface area (Å²) in [4.78, 5) is 4.95. The SMILES string of the molecule is CC(C)C1CC(NCC2CN(C)CCN2C)C1. The average Bonchev–Trinajstić information content (AvgIpc) is 2.20. The molecule has 3 nitrogen and oxygen atoms in total. The molecular weight excluding hydrogens is 210 g/mol. The van der Waals surface area contributed by atoms with E-state index in [1.807, 2.05) is 0 Å². The van der Waals surface area contributed by atoms with Gasteiger partial charge in [0, 0.05) is 38.3 Å². The lowest BCUT2D eigenvalue weighted by atomic mass is 9.73. The van der Waals surface area contributed by atoms with Crippen LogP contribution in [0.25, 0.3) is 0 Å². The van der Waals surface area contributed by atoms with Gasteiger partial charge in [-0.2, -0.15) is 0 Å². The summed E-state index contributed by atoms with van der Waals surface area (Å²) < 4.78 is 0. The van der Waals surface area contributed by atoms with Crippen molar-refractivity contribution in [3.8, 4) is 0 Å². The van der Waals surface area contributed by atoms with Crippen molar-refractivity contribution in [2.75, 3.05) is 40.3 Å². The quantitative estimate of drug-likeness (QED) is 0.797. The molecule has 2 fully saturated rings. The van der Waals surface area contributed by atoms with E-state index in [1.165, 1.54) is 32.5 Å². The Morgan fingerprint density at radius 3 is 2.53 bits per heavy atom. The lowest BCUT2D eigenvalue weighted by Crippen LogP contribution is -2.56. The van der Waals surface area contributed by atoms with Crippen LogP contribution in [0, 0.1) is 11.8 Å². The second-order valence-corrected chi connectivity index (χ2v) is 6.48. The summed E-state index contributed by atoms with van der Waals surface area (Å²) in [6, 6.07) is 1.50. The first-order chi connectivity index (χ1) is 8.06. The van der Waals surface area contributed by atoms with Crippen LogP contribution in [0.3, 0.4) is 0 Å². The van der Waals surface area contributed by atoms with Gasteiger partial charge in [0.15, 0.2) is 0 Å². The molecule has 1 saturated carbocycles. The van der Waals surface area contributed by atoms with E-state index >= 15 is 0 Å². The molecule has 0 amide bonds. The number of nitrogens with one attached hydrogen (secondary N) is 1. The van der Waals surface area contributed by atoms with Crippen LogP contribution in [-0.2, 0) is 0 Å². The zero-order valence-corrected chi connectivity index (χ0v) is 11.9. The van der Waals surface area contributed by atoms with E-state index in [2.05, 4.69) is 43.1 Å². The van der Waals surface area contributed by atoms with E-state index < -0.39 is 0 Å². The fourth-order valence-corrected chi connectivity index (χ4v) is 3.00. The third kappa shape index (κ3) is 3.43. The van der Waals surface area contributed by atoms with Crippen LogP contribution < -0.4 is 5.32 Å². The Kier molecular flexibility index (Phi) is 4.45. The largest absolute Gasteiger partial charge is 0.312 e. The predicted molar refractivity (Wildman–Crippen MR) is 73.3 cm³/mol. The zero-order valence-electron chi connectivity index (χ0n) is 11.9. The maximum atomic E-state index is 3.76. The van der Waals surface area contributed by atoms with Crippen LogP contribution in [0.15, 0.2) is 0 Å². The van der Waals surface area contributed by atoms with Gasteiger partial charge in [-0.3, -0.25) is 4.90 Å². The van der Waals surface area contributed by atoms with Crippen molar-refractivity contribution < 1.29 is 0 Å². The topological polar surface area (TPSA) is 18.5 Å².